The van der Waals surface area contributed by atoms with Crippen molar-refractivity contribution in [3.05, 3.63) is 29.8 Å². The molecule has 0 saturated heterocycles. The number of aliphatic imine (C=N–C) groups is 1. The highest BCUT2D eigenvalue weighted by atomic mass is 127. The Labute approximate surface area is 144 Å². The fourth-order valence-electron chi connectivity index (χ4n) is 2.14. The Morgan fingerprint density at radius 2 is 2.19 bits per heavy atom. The van der Waals surface area contributed by atoms with Crippen LogP contribution in [0, 0.1) is 5.92 Å². The highest BCUT2D eigenvalue weighted by Gasteiger charge is 2.33. The van der Waals surface area contributed by atoms with Gasteiger partial charge in [-0.25, -0.2) is 0 Å². The van der Waals surface area contributed by atoms with Crippen molar-refractivity contribution in [2.45, 2.75) is 32.7 Å². The van der Waals surface area contributed by atoms with Crippen LogP contribution in [0.2, 0.25) is 0 Å². The van der Waals surface area contributed by atoms with Crippen molar-refractivity contribution >= 4 is 29.9 Å². The van der Waals surface area contributed by atoms with Crippen LogP contribution in [0.1, 0.15) is 25.8 Å². The highest BCUT2D eigenvalue weighted by molar-refractivity contribution is 14.0. The van der Waals surface area contributed by atoms with Gasteiger partial charge in [-0.3, -0.25) is 4.99 Å². The van der Waals surface area contributed by atoms with Crippen LogP contribution in [0.4, 0.5) is 0 Å². The van der Waals surface area contributed by atoms with E-state index in [2.05, 4.69) is 41.6 Å². The second-order valence-corrected chi connectivity index (χ2v) is 5.33. The highest BCUT2D eigenvalue weighted by Crippen LogP contribution is 2.28. The fraction of sp³-hybridized carbons (Fsp3) is 0.562. The molecule has 2 N–H and O–H groups in total. The number of guanidine groups is 1. The summed E-state index contributed by atoms with van der Waals surface area (Å²) in [5.41, 5.74) is 1.25. The molecule has 1 aliphatic rings. The maximum Gasteiger partial charge on any atom is 0.191 e. The number of nitrogens with one attached hydrogen (secondary N) is 2. The minimum absolute atomic E-state index is 0. The third-order valence-corrected chi connectivity index (χ3v) is 3.58. The van der Waals surface area contributed by atoms with Crippen LogP contribution in [0.3, 0.4) is 0 Å². The monoisotopic (exact) mass is 403 g/mol. The number of halogens is 1. The smallest absolute Gasteiger partial charge is 0.191 e. The molecule has 118 valence electrons. The van der Waals surface area contributed by atoms with E-state index in [-0.39, 0.29) is 24.0 Å². The number of ether oxygens (including phenoxy) is 1. The molecule has 5 heteroatoms. The van der Waals surface area contributed by atoms with Crippen LogP contribution in [0.5, 0.6) is 5.75 Å². The summed E-state index contributed by atoms with van der Waals surface area (Å²) in [4.78, 5) is 4.63. The fourth-order valence-corrected chi connectivity index (χ4v) is 2.14. The molecule has 1 aromatic rings. The van der Waals surface area contributed by atoms with Gasteiger partial charge in [0.05, 0.1) is 7.11 Å². The third-order valence-electron chi connectivity index (χ3n) is 3.58. The van der Waals surface area contributed by atoms with Gasteiger partial charge in [0, 0.05) is 19.1 Å². The first-order valence-corrected chi connectivity index (χ1v) is 7.40. The van der Waals surface area contributed by atoms with Gasteiger partial charge in [0.1, 0.15) is 5.75 Å². The van der Waals surface area contributed by atoms with Gasteiger partial charge in [0.2, 0.25) is 0 Å². The summed E-state index contributed by atoms with van der Waals surface area (Å²) in [7, 11) is 1.70. The molecule has 21 heavy (non-hydrogen) atoms. The Balaban J connectivity index is 0.00000220. The van der Waals surface area contributed by atoms with E-state index in [0.29, 0.717) is 6.04 Å². The Morgan fingerprint density at radius 3 is 2.81 bits per heavy atom. The Morgan fingerprint density at radius 1 is 1.43 bits per heavy atom. The van der Waals surface area contributed by atoms with Crippen molar-refractivity contribution in [2.75, 3.05) is 20.2 Å². The zero-order valence-corrected chi connectivity index (χ0v) is 15.4. The normalized spacial score (nSPS) is 20.4. The number of nitrogens with zero attached hydrogens (tertiary/aromatic N) is 1. The van der Waals surface area contributed by atoms with Gasteiger partial charge >= 0.3 is 0 Å². The summed E-state index contributed by atoms with van der Waals surface area (Å²) in [6, 6.07) is 8.77. The van der Waals surface area contributed by atoms with Crippen LogP contribution >= 0.6 is 24.0 Å². The van der Waals surface area contributed by atoms with E-state index in [0.717, 1.165) is 37.1 Å². The summed E-state index contributed by atoms with van der Waals surface area (Å²) < 4.78 is 5.23. The molecule has 1 aliphatic carbocycles. The van der Waals surface area contributed by atoms with E-state index in [4.69, 9.17) is 4.74 Å². The molecule has 0 aromatic heterocycles. The summed E-state index contributed by atoms with van der Waals surface area (Å²) >= 11 is 0. The van der Waals surface area contributed by atoms with E-state index in [1.54, 1.807) is 7.11 Å². The molecule has 2 rings (SSSR count). The van der Waals surface area contributed by atoms with Gasteiger partial charge in [-0.2, -0.15) is 0 Å². The van der Waals surface area contributed by atoms with Crippen molar-refractivity contribution in [3.8, 4) is 5.75 Å². The zero-order valence-electron chi connectivity index (χ0n) is 13.1. The van der Waals surface area contributed by atoms with Crippen LogP contribution in [0.25, 0.3) is 0 Å². The van der Waals surface area contributed by atoms with Gasteiger partial charge in [-0.05, 0) is 43.4 Å². The largest absolute Gasteiger partial charge is 0.497 e. The molecule has 0 bridgehead atoms. The molecule has 1 fully saturated rings. The van der Waals surface area contributed by atoms with Crippen LogP contribution < -0.4 is 15.4 Å². The second kappa shape index (κ2) is 9.12. The van der Waals surface area contributed by atoms with E-state index < -0.39 is 0 Å². The van der Waals surface area contributed by atoms with Gasteiger partial charge in [0.15, 0.2) is 5.96 Å². The third kappa shape index (κ3) is 6.11. The standard InChI is InChI=1S/C16H25N3O.HI/c1-4-17-16(19-15-10-12(15)2)18-9-8-13-6-5-7-14(11-13)20-3;/h5-7,11-12,15H,4,8-10H2,1-3H3,(H2,17,18,19);1H. The Hall–Kier alpha value is -0.980. The number of hydrogen-bond donors (Lipinski definition) is 2. The summed E-state index contributed by atoms with van der Waals surface area (Å²) in [5.74, 6) is 2.62. The molecule has 2 unspecified atom stereocenters. The molecule has 0 spiro atoms. The zero-order chi connectivity index (χ0) is 14.4. The first-order valence-electron chi connectivity index (χ1n) is 7.40. The number of methoxy groups -OCH3 is 1. The van der Waals surface area contributed by atoms with Crippen molar-refractivity contribution in [1.82, 2.24) is 10.6 Å². The predicted octanol–water partition coefficient (Wildman–Crippen LogP) is 2.82. The maximum absolute atomic E-state index is 5.23. The molecule has 0 aliphatic heterocycles. The van der Waals surface area contributed by atoms with Gasteiger partial charge in [-0.15, -0.1) is 24.0 Å². The molecule has 1 aromatic carbocycles. The summed E-state index contributed by atoms with van der Waals surface area (Å²) in [5, 5.41) is 6.76. The van der Waals surface area contributed by atoms with Crippen LogP contribution in [0.15, 0.2) is 29.3 Å². The molecule has 4 nitrogen and oxygen atoms in total. The average Bonchev–Trinajstić information content (AvgIpc) is 3.14. The molecular formula is C16H26IN3O. The van der Waals surface area contributed by atoms with Crippen molar-refractivity contribution in [2.24, 2.45) is 10.9 Å². The minimum Gasteiger partial charge on any atom is -0.497 e. The second-order valence-electron chi connectivity index (χ2n) is 5.33. The average molecular weight is 403 g/mol. The van der Waals surface area contributed by atoms with E-state index in [9.17, 15) is 0 Å². The van der Waals surface area contributed by atoms with Crippen molar-refractivity contribution < 1.29 is 4.74 Å². The number of hydrogen-bond acceptors (Lipinski definition) is 2. The topological polar surface area (TPSA) is 45.7 Å². The molecule has 2 atom stereocenters. The van der Waals surface area contributed by atoms with Crippen molar-refractivity contribution in [1.29, 1.82) is 0 Å². The number of rotatable bonds is 6. The van der Waals surface area contributed by atoms with Crippen molar-refractivity contribution in [3.63, 3.8) is 0 Å². The molecule has 1 saturated carbocycles. The quantitative estimate of drug-likeness (QED) is 0.436. The summed E-state index contributed by atoms with van der Waals surface area (Å²) in [6.07, 6.45) is 2.17. The lowest BCUT2D eigenvalue weighted by Crippen LogP contribution is -2.39. The summed E-state index contributed by atoms with van der Waals surface area (Å²) in [6.45, 7) is 6.03. The first-order chi connectivity index (χ1) is 9.72. The first kappa shape index (κ1) is 18.1. The van der Waals surface area contributed by atoms with Gasteiger partial charge in [-0.1, -0.05) is 19.1 Å². The van der Waals surface area contributed by atoms with Gasteiger partial charge < -0.3 is 15.4 Å². The molecular weight excluding hydrogens is 377 g/mol. The van der Waals surface area contributed by atoms with Crippen LogP contribution in [-0.4, -0.2) is 32.2 Å². The van der Waals surface area contributed by atoms with Crippen LogP contribution in [-0.2, 0) is 6.42 Å². The molecule has 0 radical (unpaired) electrons. The lowest BCUT2D eigenvalue weighted by atomic mass is 10.1. The van der Waals surface area contributed by atoms with E-state index in [1.165, 1.54) is 12.0 Å². The van der Waals surface area contributed by atoms with Gasteiger partial charge in [0.25, 0.3) is 0 Å². The lowest BCUT2D eigenvalue weighted by molar-refractivity contribution is 0.414. The minimum atomic E-state index is 0. The van der Waals surface area contributed by atoms with E-state index in [1.807, 2.05) is 12.1 Å². The number of benzene rings is 1. The Kier molecular flexibility index (Phi) is 7.85. The Bertz CT molecular complexity index is 465. The molecule has 0 heterocycles. The SMILES string of the molecule is CCNC(=NCCc1cccc(OC)c1)NC1CC1C.I. The maximum atomic E-state index is 5.23. The molecule has 0 amide bonds. The van der Waals surface area contributed by atoms with E-state index >= 15 is 0 Å². The predicted molar refractivity (Wildman–Crippen MR) is 98.8 cm³/mol. The lowest BCUT2D eigenvalue weighted by Gasteiger charge is -2.10.